The Bertz CT molecular complexity index is 402. The molecule has 120 valence electrons. The third-order valence-corrected chi connectivity index (χ3v) is 6.20. The van der Waals surface area contributed by atoms with Gasteiger partial charge in [-0.2, -0.15) is 0 Å². The van der Waals surface area contributed by atoms with E-state index in [0.717, 1.165) is 23.7 Å². The molecule has 0 radical (unpaired) electrons. The molecule has 0 saturated heterocycles. The summed E-state index contributed by atoms with van der Waals surface area (Å²) in [6, 6.07) is 0. The fourth-order valence-corrected chi connectivity index (χ4v) is 5.18. The lowest BCUT2D eigenvalue weighted by Gasteiger charge is -2.48. The van der Waals surface area contributed by atoms with E-state index in [0.29, 0.717) is 25.4 Å². The van der Waals surface area contributed by atoms with Gasteiger partial charge in [-0.05, 0) is 75.0 Å². The zero-order valence-corrected chi connectivity index (χ0v) is 13.5. The van der Waals surface area contributed by atoms with Crippen molar-refractivity contribution in [2.45, 2.75) is 63.6 Å². The van der Waals surface area contributed by atoms with Crippen molar-refractivity contribution in [2.75, 3.05) is 13.2 Å². The number of rotatable bonds is 4. The summed E-state index contributed by atoms with van der Waals surface area (Å²) in [6.45, 7) is 0.949. The topological polar surface area (TPSA) is 18.5 Å². The lowest BCUT2D eigenvalue weighted by atomic mass is 9.59. The second-order valence-corrected chi connectivity index (χ2v) is 7.41. The molecule has 0 bridgehead atoms. The van der Waals surface area contributed by atoms with Gasteiger partial charge in [0.2, 0.25) is 0 Å². The predicted molar refractivity (Wildman–Crippen MR) is 88.0 cm³/mol. The van der Waals surface area contributed by atoms with Gasteiger partial charge in [-0.25, -0.2) is 0 Å². The first-order chi connectivity index (χ1) is 10.8. The van der Waals surface area contributed by atoms with Crippen LogP contribution in [0.15, 0.2) is 0 Å². The van der Waals surface area contributed by atoms with Crippen LogP contribution in [-0.2, 0) is 9.47 Å². The van der Waals surface area contributed by atoms with Crippen molar-refractivity contribution in [1.82, 2.24) is 0 Å². The summed E-state index contributed by atoms with van der Waals surface area (Å²) in [5.41, 5.74) is 0. The highest BCUT2D eigenvalue weighted by molar-refractivity contribution is 4.94. The first-order valence-electron chi connectivity index (χ1n) is 8.90. The third-order valence-electron chi connectivity index (χ3n) is 6.20. The molecule has 0 aromatic carbocycles. The average Bonchev–Trinajstić information content (AvgIpc) is 2.56. The van der Waals surface area contributed by atoms with E-state index < -0.39 is 0 Å². The van der Waals surface area contributed by atoms with Crippen molar-refractivity contribution in [3.63, 3.8) is 0 Å². The van der Waals surface area contributed by atoms with E-state index >= 15 is 0 Å². The molecule has 2 heteroatoms. The quantitative estimate of drug-likeness (QED) is 0.738. The molecule has 0 N–H and O–H groups in total. The van der Waals surface area contributed by atoms with Crippen molar-refractivity contribution in [2.24, 2.45) is 23.7 Å². The van der Waals surface area contributed by atoms with Crippen LogP contribution in [-0.4, -0.2) is 25.4 Å². The van der Waals surface area contributed by atoms with E-state index in [1.54, 1.807) is 0 Å². The van der Waals surface area contributed by atoms with Gasteiger partial charge in [-0.3, -0.25) is 0 Å². The van der Waals surface area contributed by atoms with Crippen molar-refractivity contribution in [3.05, 3.63) is 0 Å². The van der Waals surface area contributed by atoms with Crippen molar-refractivity contribution in [1.29, 1.82) is 0 Å². The van der Waals surface area contributed by atoms with E-state index in [1.165, 1.54) is 51.4 Å². The molecule has 3 saturated carbocycles. The highest BCUT2D eigenvalue weighted by Crippen LogP contribution is 2.50. The van der Waals surface area contributed by atoms with Crippen molar-refractivity contribution < 1.29 is 9.47 Å². The van der Waals surface area contributed by atoms with Crippen LogP contribution in [0.3, 0.4) is 0 Å². The number of hydrogen-bond donors (Lipinski definition) is 0. The summed E-state index contributed by atoms with van der Waals surface area (Å²) in [5, 5.41) is 0. The SMILES string of the molecule is C#CCOC1CCC2CC3CC(OCC#C)CCC3CC2C1. The average molecular weight is 300 g/mol. The van der Waals surface area contributed by atoms with Gasteiger partial charge in [0, 0.05) is 0 Å². The lowest BCUT2D eigenvalue weighted by molar-refractivity contribution is -0.0524. The van der Waals surface area contributed by atoms with E-state index in [4.69, 9.17) is 22.3 Å². The van der Waals surface area contributed by atoms with Gasteiger partial charge in [0.05, 0.1) is 12.2 Å². The summed E-state index contributed by atoms with van der Waals surface area (Å²) < 4.78 is 11.6. The summed E-state index contributed by atoms with van der Waals surface area (Å²) in [6.07, 6.45) is 21.7. The zero-order chi connectivity index (χ0) is 15.4. The Kier molecular flexibility index (Phi) is 5.46. The zero-order valence-electron chi connectivity index (χ0n) is 13.5. The minimum absolute atomic E-state index is 0.407. The van der Waals surface area contributed by atoms with Crippen LogP contribution < -0.4 is 0 Å². The van der Waals surface area contributed by atoms with Gasteiger partial charge in [-0.15, -0.1) is 12.8 Å². The Morgan fingerprint density at radius 3 is 1.50 bits per heavy atom. The Morgan fingerprint density at radius 1 is 0.636 bits per heavy atom. The van der Waals surface area contributed by atoms with Gasteiger partial charge in [0.25, 0.3) is 0 Å². The van der Waals surface area contributed by atoms with Crippen LogP contribution in [0.1, 0.15) is 51.4 Å². The van der Waals surface area contributed by atoms with E-state index in [-0.39, 0.29) is 0 Å². The minimum atomic E-state index is 0.407. The number of terminal acetylenes is 2. The van der Waals surface area contributed by atoms with Gasteiger partial charge < -0.3 is 9.47 Å². The molecule has 0 spiro atoms. The number of fused-ring (bicyclic) bond motifs is 2. The maximum Gasteiger partial charge on any atom is 0.107 e. The minimum Gasteiger partial charge on any atom is -0.366 e. The van der Waals surface area contributed by atoms with E-state index in [1.807, 2.05) is 0 Å². The van der Waals surface area contributed by atoms with E-state index in [9.17, 15) is 0 Å². The standard InChI is InChI=1S/C20H28O2/c1-3-9-21-19-7-5-15-12-18-14-20(22-10-4-2)8-6-16(18)11-17(15)13-19/h1-2,15-20H,5-14H2. The smallest absolute Gasteiger partial charge is 0.107 e. The van der Waals surface area contributed by atoms with Gasteiger partial charge in [-0.1, -0.05) is 11.8 Å². The monoisotopic (exact) mass is 300 g/mol. The molecule has 0 amide bonds. The molecule has 2 nitrogen and oxygen atoms in total. The van der Waals surface area contributed by atoms with Crippen LogP contribution in [0, 0.1) is 48.4 Å². The molecule has 22 heavy (non-hydrogen) atoms. The summed E-state index contributed by atoms with van der Waals surface area (Å²) in [5.74, 6) is 8.73. The van der Waals surface area contributed by atoms with Crippen LogP contribution in [0.4, 0.5) is 0 Å². The fourth-order valence-electron chi connectivity index (χ4n) is 5.18. The molecular formula is C20H28O2. The first kappa shape index (κ1) is 15.9. The third kappa shape index (κ3) is 3.68. The highest BCUT2D eigenvalue weighted by Gasteiger charge is 2.42. The van der Waals surface area contributed by atoms with Gasteiger partial charge >= 0.3 is 0 Å². The Balaban J connectivity index is 1.52. The van der Waals surface area contributed by atoms with Gasteiger partial charge in [0.1, 0.15) is 13.2 Å². The maximum atomic E-state index is 5.80. The largest absolute Gasteiger partial charge is 0.366 e. The molecule has 3 rings (SSSR count). The molecular weight excluding hydrogens is 272 g/mol. The second kappa shape index (κ2) is 7.54. The molecule has 6 unspecified atom stereocenters. The number of ether oxygens (including phenoxy) is 2. The van der Waals surface area contributed by atoms with Crippen LogP contribution in [0.5, 0.6) is 0 Å². The fraction of sp³-hybridized carbons (Fsp3) is 0.800. The molecule has 0 aliphatic heterocycles. The first-order valence-corrected chi connectivity index (χ1v) is 8.90. The normalized spacial score (nSPS) is 40.8. The Morgan fingerprint density at radius 2 is 1.09 bits per heavy atom. The van der Waals surface area contributed by atoms with Crippen LogP contribution in [0.25, 0.3) is 0 Å². The Labute approximate surface area is 135 Å². The molecule has 3 aliphatic rings. The second-order valence-electron chi connectivity index (χ2n) is 7.41. The molecule has 0 aromatic heterocycles. The maximum absolute atomic E-state index is 5.80. The Hall–Kier alpha value is -0.960. The number of hydrogen-bond acceptors (Lipinski definition) is 2. The molecule has 6 atom stereocenters. The molecule has 0 heterocycles. The van der Waals surface area contributed by atoms with Crippen molar-refractivity contribution >= 4 is 0 Å². The molecule has 0 aromatic rings. The highest BCUT2D eigenvalue weighted by atomic mass is 16.5. The lowest BCUT2D eigenvalue weighted by Crippen LogP contribution is -2.41. The summed E-state index contributed by atoms with van der Waals surface area (Å²) in [4.78, 5) is 0. The van der Waals surface area contributed by atoms with E-state index in [2.05, 4.69) is 11.8 Å². The van der Waals surface area contributed by atoms with Crippen LogP contribution in [0.2, 0.25) is 0 Å². The molecule has 3 fully saturated rings. The summed E-state index contributed by atoms with van der Waals surface area (Å²) in [7, 11) is 0. The van der Waals surface area contributed by atoms with Crippen molar-refractivity contribution in [3.8, 4) is 24.7 Å². The van der Waals surface area contributed by atoms with Crippen LogP contribution >= 0.6 is 0 Å². The predicted octanol–water partition coefficient (Wildman–Crippen LogP) is 3.65. The summed E-state index contributed by atoms with van der Waals surface area (Å²) >= 11 is 0. The molecule has 3 aliphatic carbocycles. The van der Waals surface area contributed by atoms with Gasteiger partial charge in [0.15, 0.2) is 0 Å².